The van der Waals surface area contributed by atoms with E-state index in [-0.39, 0.29) is 18.9 Å². The van der Waals surface area contributed by atoms with Crippen molar-refractivity contribution in [3.05, 3.63) is 24.4 Å². The van der Waals surface area contributed by atoms with Crippen LogP contribution in [0.1, 0.15) is 6.42 Å². The van der Waals surface area contributed by atoms with Gasteiger partial charge in [-0.25, -0.2) is 13.6 Å². The Morgan fingerprint density at radius 1 is 1.42 bits per heavy atom. The van der Waals surface area contributed by atoms with Crippen LogP contribution >= 0.6 is 0 Å². The standard InChI is InChI=1S/C11H12N4O3S/c12-19(17,18)9-4-11(16)15(6-9)8-1-2-10-7(3-8)5-13-14-10/h1-3,5,9H,4,6H2,(H,13,14)(H2,12,17,18). The van der Waals surface area contributed by atoms with Crippen LogP contribution in [0, 0.1) is 0 Å². The number of nitrogens with one attached hydrogen (secondary N) is 1. The number of aromatic amines is 1. The van der Waals surface area contributed by atoms with Gasteiger partial charge in [0, 0.05) is 24.0 Å². The minimum Gasteiger partial charge on any atom is -0.311 e. The SMILES string of the molecule is NS(=O)(=O)C1CC(=O)N(c2ccc3[nH]ncc3c2)C1. The van der Waals surface area contributed by atoms with Crippen LogP contribution < -0.4 is 10.0 Å². The van der Waals surface area contributed by atoms with Crippen molar-refractivity contribution < 1.29 is 13.2 Å². The molecule has 1 aromatic heterocycles. The van der Waals surface area contributed by atoms with Gasteiger partial charge in [-0.3, -0.25) is 9.89 Å². The molecule has 1 aliphatic rings. The third-order valence-electron chi connectivity index (χ3n) is 3.29. The molecule has 2 heterocycles. The number of amides is 1. The average molecular weight is 280 g/mol. The van der Waals surface area contributed by atoms with E-state index in [0.717, 1.165) is 10.9 Å². The number of hydrogen-bond acceptors (Lipinski definition) is 4. The molecule has 1 fully saturated rings. The summed E-state index contributed by atoms with van der Waals surface area (Å²) in [5, 5.41) is 11.8. The second-order valence-electron chi connectivity index (χ2n) is 4.56. The molecule has 8 heteroatoms. The number of fused-ring (bicyclic) bond motifs is 1. The number of sulfonamides is 1. The Bertz CT molecular complexity index is 752. The van der Waals surface area contributed by atoms with Crippen LogP contribution in [-0.2, 0) is 14.8 Å². The number of anilines is 1. The quantitative estimate of drug-likeness (QED) is 0.804. The fourth-order valence-electron chi connectivity index (χ4n) is 2.24. The maximum absolute atomic E-state index is 11.9. The van der Waals surface area contributed by atoms with E-state index in [1.807, 2.05) is 0 Å². The number of carbonyl (C=O) groups is 1. The normalized spacial score (nSPS) is 20.4. The summed E-state index contributed by atoms with van der Waals surface area (Å²) in [5.74, 6) is -0.234. The number of H-pyrrole nitrogens is 1. The Hall–Kier alpha value is -1.93. The first-order chi connectivity index (χ1) is 8.95. The van der Waals surface area contributed by atoms with E-state index in [2.05, 4.69) is 10.2 Å². The van der Waals surface area contributed by atoms with Crippen LogP contribution in [0.15, 0.2) is 24.4 Å². The van der Waals surface area contributed by atoms with Crippen LogP contribution in [0.5, 0.6) is 0 Å². The summed E-state index contributed by atoms with van der Waals surface area (Å²) in [7, 11) is -3.69. The lowest BCUT2D eigenvalue weighted by Crippen LogP contribution is -2.32. The van der Waals surface area contributed by atoms with E-state index >= 15 is 0 Å². The van der Waals surface area contributed by atoms with Gasteiger partial charge in [0.1, 0.15) is 5.25 Å². The van der Waals surface area contributed by atoms with Crippen molar-refractivity contribution in [3.8, 4) is 0 Å². The molecule has 1 unspecified atom stereocenters. The number of hydrogen-bond donors (Lipinski definition) is 2. The van der Waals surface area contributed by atoms with Crippen molar-refractivity contribution >= 4 is 32.5 Å². The molecule has 19 heavy (non-hydrogen) atoms. The molecular formula is C11H12N4O3S. The van der Waals surface area contributed by atoms with E-state index in [9.17, 15) is 13.2 Å². The minimum absolute atomic E-state index is 0.0672. The summed E-state index contributed by atoms with van der Waals surface area (Å²) >= 11 is 0. The molecule has 1 amide bonds. The van der Waals surface area contributed by atoms with Gasteiger partial charge < -0.3 is 4.90 Å². The molecule has 1 atom stereocenters. The highest BCUT2D eigenvalue weighted by Gasteiger charge is 2.37. The van der Waals surface area contributed by atoms with Crippen molar-refractivity contribution in [3.63, 3.8) is 0 Å². The van der Waals surface area contributed by atoms with Gasteiger partial charge in [0.15, 0.2) is 0 Å². The number of carbonyl (C=O) groups excluding carboxylic acids is 1. The molecule has 1 saturated heterocycles. The Morgan fingerprint density at radius 3 is 2.89 bits per heavy atom. The molecule has 0 radical (unpaired) electrons. The van der Waals surface area contributed by atoms with E-state index in [0.29, 0.717) is 5.69 Å². The minimum atomic E-state index is -3.69. The smallest absolute Gasteiger partial charge is 0.228 e. The largest absolute Gasteiger partial charge is 0.311 e. The monoisotopic (exact) mass is 280 g/mol. The Morgan fingerprint density at radius 2 is 2.21 bits per heavy atom. The van der Waals surface area contributed by atoms with Crippen molar-refractivity contribution in [1.82, 2.24) is 10.2 Å². The van der Waals surface area contributed by atoms with E-state index in [1.54, 1.807) is 24.4 Å². The number of rotatable bonds is 2. The van der Waals surface area contributed by atoms with E-state index in [4.69, 9.17) is 5.14 Å². The summed E-state index contributed by atoms with van der Waals surface area (Å²) in [6.45, 7) is 0.0982. The number of aromatic nitrogens is 2. The number of benzene rings is 1. The molecule has 7 nitrogen and oxygen atoms in total. The van der Waals surface area contributed by atoms with Crippen molar-refractivity contribution in [2.75, 3.05) is 11.4 Å². The first-order valence-electron chi connectivity index (χ1n) is 5.70. The zero-order valence-electron chi connectivity index (χ0n) is 9.91. The van der Waals surface area contributed by atoms with Gasteiger partial charge >= 0.3 is 0 Å². The van der Waals surface area contributed by atoms with Crippen LogP contribution in [-0.4, -0.2) is 36.3 Å². The summed E-state index contributed by atoms with van der Waals surface area (Å²) in [6.07, 6.45) is 1.58. The van der Waals surface area contributed by atoms with Gasteiger partial charge in [0.2, 0.25) is 15.9 Å². The van der Waals surface area contributed by atoms with Gasteiger partial charge in [-0.15, -0.1) is 0 Å². The molecule has 2 aromatic rings. The highest BCUT2D eigenvalue weighted by atomic mass is 32.2. The van der Waals surface area contributed by atoms with Crippen LogP contribution in [0.2, 0.25) is 0 Å². The van der Waals surface area contributed by atoms with Gasteiger partial charge in [-0.05, 0) is 18.2 Å². The van der Waals surface area contributed by atoms with E-state index in [1.165, 1.54) is 4.90 Å². The van der Waals surface area contributed by atoms with Crippen LogP contribution in [0.25, 0.3) is 10.9 Å². The van der Waals surface area contributed by atoms with Crippen molar-refractivity contribution in [1.29, 1.82) is 0 Å². The zero-order chi connectivity index (χ0) is 13.6. The van der Waals surface area contributed by atoms with Crippen LogP contribution in [0.4, 0.5) is 5.69 Å². The highest BCUT2D eigenvalue weighted by molar-refractivity contribution is 7.89. The number of nitrogens with zero attached hydrogens (tertiary/aromatic N) is 2. The summed E-state index contributed by atoms with van der Waals surface area (Å²) in [5.41, 5.74) is 1.52. The summed E-state index contributed by atoms with van der Waals surface area (Å²) in [4.78, 5) is 13.3. The maximum atomic E-state index is 11.9. The Labute approximate surface area is 109 Å². The Balaban J connectivity index is 1.96. The van der Waals surface area contributed by atoms with Gasteiger partial charge in [-0.2, -0.15) is 5.10 Å². The number of primary sulfonamides is 1. The first kappa shape index (κ1) is 12.1. The fourth-order valence-corrected chi connectivity index (χ4v) is 2.97. The molecule has 0 bridgehead atoms. The summed E-state index contributed by atoms with van der Waals surface area (Å²) < 4.78 is 22.6. The third-order valence-corrected chi connectivity index (χ3v) is 4.53. The van der Waals surface area contributed by atoms with Crippen LogP contribution in [0.3, 0.4) is 0 Å². The lowest BCUT2D eigenvalue weighted by atomic mass is 10.2. The van der Waals surface area contributed by atoms with Gasteiger partial charge in [0.25, 0.3) is 0 Å². The fraction of sp³-hybridized carbons (Fsp3) is 0.273. The van der Waals surface area contributed by atoms with Crippen molar-refractivity contribution in [2.24, 2.45) is 5.14 Å². The molecular weight excluding hydrogens is 268 g/mol. The third kappa shape index (κ3) is 2.08. The number of nitrogens with two attached hydrogens (primary N) is 1. The van der Waals surface area contributed by atoms with E-state index < -0.39 is 15.3 Å². The molecule has 0 spiro atoms. The maximum Gasteiger partial charge on any atom is 0.228 e. The molecule has 3 N–H and O–H groups in total. The highest BCUT2D eigenvalue weighted by Crippen LogP contribution is 2.26. The Kier molecular flexibility index (Phi) is 2.58. The predicted octanol–water partition coefficient (Wildman–Crippen LogP) is -0.0433. The lowest BCUT2D eigenvalue weighted by Gasteiger charge is -2.16. The first-order valence-corrected chi connectivity index (χ1v) is 7.31. The lowest BCUT2D eigenvalue weighted by molar-refractivity contribution is -0.117. The topological polar surface area (TPSA) is 109 Å². The molecule has 0 aliphatic carbocycles. The average Bonchev–Trinajstić information content (AvgIpc) is 2.92. The second-order valence-corrected chi connectivity index (χ2v) is 6.41. The molecule has 1 aromatic carbocycles. The molecule has 3 rings (SSSR count). The molecule has 100 valence electrons. The molecule has 0 saturated carbocycles. The van der Waals surface area contributed by atoms with Gasteiger partial charge in [-0.1, -0.05) is 0 Å². The second kappa shape index (κ2) is 4.04. The predicted molar refractivity (Wildman–Crippen MR) is 70.0 cm³/mol. The van der Waals surface area contributed by atoms with Gasteiger partial charge in [0.05, 0.1) is 11.7 Å². The summed E-state index contributed by atoms with van der Waals surface area (Å²) in [6, 6.07) is 5.35. The zero-order valence-corrected chi connectivity index (χ0v) is 10.7. The molecule has 1 aliphatic heterocycles. The van der Waals surface area contributed by atoms with Crippen molar-refractivity contribution in [2.45, 2.75) is 11.7 Å².